The molecule has 18 heavy (non-hydrogen) atoms. The highest BCUT2D eigenvalue weighted by Crippen LogP contribution is 2.19. The van der Waals surface area contributed by atoms with Crippen molar-refractivity contribution in [1.82, 2.24) is 4.90 Å². The predicted octanol–water partition coefficient (Wildman–Crippen LogP) is 1.72. The normalized spacial score (nSPS) is 10.9. The van der Waals surface area contributed by atoms with Gasteiger partial charge in [0.1, 0.15) is 5.75 Å². The Bertz CT molecular complexity index is 402. The Morgan fingerprint density at radius 1 is 1.33 bits per heavy atom. The molecule has 1 N–H and O–H groups in total. The number of phenolic OH excluding ortho intramolecular Hbond substituents is 1. The van der Waals surface area contributed by atoms with E-state index in [1.807, 2.05) is 20.2 Å². The summed E-state index contributed by atoms with van der Waals surface area (Å²) in [4.78, 5) is 13.3. The van der Waals surface area contributed by atoms with Crippen molar-refractivity contribution in [2.45, 2.75) is 13.3 Å². The first-order chi connectivity index (χ1) is 8.50. The first-order valence-electron chi connectivity index (χ1n) is 6.06. The van der Waals surface area contributed by atoms with Crippen molar-refractivity contribution in [2.24, 2.45) is 0 Å². The lowest BCUT2D eigenvalue weighted by Gasteiger charge is -2.10. The Kier molecular flexibility index (Phi) is 5.82. The van der Waals surface area contributed by atoms with Crippen LogP contribution in [-0.2, 0) is 11.2 Å². The average Bonchev–Trinajstić information content (AvgIpc) is 2.30. The zero-order valence-corrected chi connectivity index (χ0v) is 11.3. The van der Waals surface area contributed by atoms with Crippen LogP contribution < -0.4 is 0 Å². The number of carbonyl (C=O) groups is 1. The number of rotatable bonds is 7. The van der Waals surface area contributed by atoms with Gasteiger partial charge in [-0.1, -0.05) is 6.07 Å². The third kappa shape index (κ3) is 4.85. The highest BCUT2D eigenvalue weighted by Gasteiger charge is 2.07. The fraction of sp³-hybridized carbons (Fsp3) is 0.500. The van der Waals surface area contributed by atoms with E-state index in [1.54, 1.807) is 12.1 Å². The molecule has 0 fully saturated rings. The van der Waals surface area contributed by atoms with E-state index in [1.165, 1.54) is 6.92 Å². The molecule has 0 heterocycles. The summed E-state index contributed by atoms with van der Waals surface area (Å²) < 4.78 is 5.49. The lowest BCUT2D eigenvalue weighted by molar-refractivity contribution is 0.101. The van der Waals surface area contributed by atoms with Crippen LogP contribution in [0.5, 0.6) is 5.75 Å². The third-order valence-electron chi connectivity index (χ3n) is 2.66. The van der Waals surface area contributed by atoms with Crippen LogP contribution in [0.1, 0.15) is 22.8 Å². The second-order valence-corrected chi connectivity index (χ2v) is 4.57. The zero-order chi connectivity index (χ0) is 13.5. The van der Waals surface area contributed by atoms with E-state index in [9.17, 15) is 9.90 Å². The third-order valence-corrected chi connectivity index (χ3v) is 2.66. The van der Waals surface area contributed by atoms with Crippen LogP contribution in [0.3, 0.4) is 0 Å². The van der Waals surface area contributed by atoms with Crippen LogP contribution in [0.25, 0.3) is 0 Å². The largest absolute Gasteiger partial charge is 0.507 e. The molecular formula is C14H21NO3. The van der Waals surface area contributed by atoms with Crippen molar-refractivity contribution in [3.8, 4) is 5.75 Å². The van der Waals surface area contributed by atoms with E-state index in [-0.39, 0.29) is 11.5 Å². The maximum Gasteiger partial charge on any atom is 0.163 e. The number of nitrogens with zero attached hydrogens (tertiary/aromatic N) is 1. The van der Waals surface area contributed by atoms with Gasteiger partial charge in [0.15, 0.2) is 5.78 Å². The predicted molar refractivity (Wildman–Crippen MR) is 71.2 cm³/mol. The molecule has 0 amide bonds. The highest BCUT2D eigenvalue weighted by atomic mass is 16.5. The molecule has 1 rings (SSSR count). The van der Waals surface area contributed by atoms with Crippen LogP contribution in [0, 0.1) is 0 Å². The summed E-state index contributed by atoms with van der Waals surface area (Å²) >= 11 is 0. The number of Topliss-reactive ketones (excluding diaryl/α,β-unsaturated/α-hetero) is 1. The fourth-order valence-corrected chi connectivity index (χ4v) is 1.56. The molecule has 0 saturated heterocycles. The smallest absolute Gasteiger partial charge is 0.163 e. The van der Waals surface area contributed by atoms with E-state index < -0.39 is 0 Å². The van der Waals surface area contributed by atoms with Crippen molar-refractivity contribution >= 4 is 5.78 Å². The number of phenols is 1. The quantitative estimate of drug-likeness (QED) is 0.592. The van der Waals surface area contributed by atoms with Gasteiger partial charge in [0.05, 0.1) is 18.8 Å². The summed E-state index contributed by atoms with van der Waals surface area (Å²) in [6.07, 6.45) is 0.744. The van der Waals surface area contributed by atoms with E-state index in [4.69, 9.17) is 4.74 Å². The molecule has 0 aromatic heterocycles. The number of aromatic hydroxyl groups is 1. The second kappa shape index (κ2) is 7.13. The lowest BCUT2D eigenvalue weighted by atomic mass is 10.1. The molecular weight excluding hydrogens is 230 g/mol. The van der Waals surface area contributed by atoms with Crippen molar-refractivity contribution in [2.75, 3.05) is 33.9 Å². The number of ketones is 1. The van der Waals surface area contributed by atoms with Gasteiger partial charge in [-0.25, -0.2) is 0 Å². The second-order valence-electron chi connectivity index (χ2n) is 4.57. The van der Waals surface area contributed by atoms with Gasteiger partial charge in [-0.3, -0.25) is 4.79 Å². The lowest BCUT2D eigenvalue weighted by Crippen LogP contribution is -2.18. The van der Waals surface area contributed by atoms with Gasteiger partial charge in [0.2, 0.25) is 0 Å². The minimum atomic E-state index is -0.122. The molecule has 4 nitrogen and oxygen atoms in total. The summed E-state index contributed by atoms with van der Waals surface area (Å²) in [7, 11) is 4.00. The molecule has 0 aliphatic carbocycles. The van der Waals surface area contributed by atoms with E-state index in [0.29, 0.717) is 18.8 Å². The first-order valence-corrected chi connectivity index (χ1v) is 6.06. The Balaban J connectivity index is 2.43. The highest BCUT2D eigenvalue weighted by molar-refractivity contribution is 5.96. The minimum Gasteiger partial charge on any atom is -0.507 e. The number of hydrogen-bond donors (Lipinski definition) is 1. The maximum atomic E-state index is 11.3. The zero-order valence-electron chi connectivity index (χ0n) is 11.3. The molecule has 0 spiro atoms. The van der Waals surface area contributed by atoms with Crippen LogP contribution in [0.2, 0.25) is 0 Å². The van der Waals surface area contributed by atoms with Gasteiger partial charge in [-0.2, -0.15) is 0 Å². The van der Waals surface area contributed by atoms with Crippen molar-refractivity contribution in [3.05, 3.63) is 29.3 Å². The molecule has 0 aliphatic heterocycles. The van der Waals surface area contributed by atoms with Gasteiger partial charge in [0, 0.05) is 6.54 Å². The number of carbonyl (C=O) groups excluding carboxylic acids is 1. The molecule has 0 unspecified atom stereocenters. The molecule has 0 aliphatic rings. The standard InChI is InChI=1S/C14H21NO3/c1-11(16)13-10-12(4-5-14(13)17)6-8-18-9-7-15(2)3/h4-5,10,17H,6-9H2,1-3H3. The number of ether oxygens (including phenoxy) is 1. The topological polar surface area (TPSA) is 49.8 Å². The van der Waals surface area contributed by atoms with Gasteiger partial charge in [-0.05, 0) is 45.1 Å². The number of benzene rings is 1. The summed E-state index contributed by atoms with van der Waals surface area (Å²) in [6.45, 7) is 3.67. The van der Waals surface area contributed by atoms with Gasteiger partial charge in [0.25, 0.3) is 0 Å². The van der Waals surface area contributed by atoms with Gasteiger partial charge >= 0.3 is 0 Å². The molecule has 0 saturated carbocycles. The molecule has 0 bridgehead atoms. The van der Waals surface area contributed by atoms with Crippen LogP contribution in [0.15, 0.2) is 18.2 Å². The van der Waals surface area contributed by atoms with Gasteiger partial charge < -0.3 is 14.7 Å². The molecule has 1 aromatic rings. The van der Waals surface area contributed by atoms with Crippen molar-refractivity contribution in [1.29, 1.82) is 0 Å². The van der Waals surface area contributed by atoms with E-state index >= 15 is 0 Å². The van der Waals surface area contributed by atoms with E-state index in [2.05, 4.69) is 4.90 Å². The van der Waals surface area contributed by atoms with Crippen molar-refractivity contribution < 1.29 is 14.6 Å². The fourth-order valence-electron chi connectivity index (χ4n) is 1.56. The maximum absolute atomic E-state index is 11.3. The summed E-state index contributed by atoms with van der Waals surface area (Å²) in [5.41, 5.74) is 1.38. The Morgan fingerprint density at radius 3 is 2.67 bits per heavy atom. The SMILES string of the molecule is CC(=O)c1cc(CCOCCN(C)C)ccc1O. The van der Waals surface area contributed by atoms with Gasteiger partial charge in [-0.15, -0.1) is 0 Å². The summed E-state index contributed by atoms with van der Waals surface area (Å²) in [5.74, 6) is -0.0809. The summed E-state index contributed by atoms with van der Waals surface area (Å²) in [6, 6.07) is 5.11. The van der Waals surface area contributed by atoms with Crippen molar-refractivity contribution in [3.63, 3.8) is 0 Å². The number of hydrogen-bond acceptors (Lipinski definition) is 4. The Labute approximate surface area is 108 Å². The minimum absolute atomic E-state index is 0.0415. The average molecular weight is 251 g/mol. The van der Waals surface area contributed by atoms with Crippen LogP contribution in [0.4, 0.5) is 0 Å². The molecule has 0 radical (unpaired) electrons. The molecule has 0 atom stereocenters. The molecule has 4 heteroatoms. The van der Waals surface area contributed by atoms with Crippen LogP contribution >= 0.6 is 0 Å². The monoisotopic (exact) mass is 251 g/mol. The number of likely N-dealkylation sites (N-methyl/N-ethyl adjacent to an activating group) is 1. The first kappa shape index (κ1) is 14.7. The Morgan fingerprint density at radius 2 is 2.06 bits per heavy atom. The molecule has 100 valence electrons. The Hall–Kier alpha value is -1.39. The van der Waals surface area contributed by atoms with E-state index in [0.717, 1.165) is 18.5 Å². The van der Waals surface area contributed by atoms with Crippen LogP contribution in [-0.4, -0.2) is 49.6 Å². The summed E-state index contributed by atoms with van der Waals surface area (Å²) in [5, 5.41) is 9.52. The molecule has 1 aromatic carbocycles.